The summed E-state index contributed by atoms with van der Waals surface area (Å²) in [6, 6.07) is 17.9. The number of carbonyl (C=O) groups excluding carboxylic acids is 2. The van der Waals surface area contributed by atoms with Crippen LogP contribution < -0.4 is 10.1 Å². The summed E-state index contributed by atoms with van der Waals surface area (Å²) in [6.07, 6.45) is 3.33. The SMILES string of the molecule is O=C(CCc1ccc2c(c1)CN(C(=O)c1ccc3ccccc3n1)CCO2)NC1CC1. The van der Waals surface area contributed by atoms with Crippen molar-refractivity contribution < 1.29 is 14.3 Å². The number of benzene rings is 2. The van der Waals surface area contributed by atoms with Crippen molar-refractivity contribution in [2.45, 2.75) is 38.3 Å². The number of amides is 2. The van der Waals surface area contributed by atoms with Gasteiger partial charge in [0.15, 0.2) is 0 Å². The molecule has 2 aliphatic rings. The topological polar surface area (TPSA) is 71.5 Å². The van der Waals surface area contributed by atoms with Gasteiger partial charge in [-0.05, 0) is 43.0 Å². The fraction of sp³-hybridized carbons (Fsp3) is 0.320. The third-order valence-electron chi connectivity index (χ3n) is 5.79. The van der Waals surface area contributed by atoms with Gasteiger partial charge in [0.05, 0.1) is 12.1 Å². The van der Waals surface area contributed by atoms with Crippen LogP contribution in [0.1, 0.15) is 40.9 Å². The Hall–Kier alpha value is -3.41. The van der Waals surface area contributed by atoms with Gasteiger partial charge in [-0.2, -0.15) is 0 Å². The van der Waals surface area contributed by atoms with Crippen molar-refractivity contribution in [1.29, 1.82) is 0 Å². The van der Waals surface area contributed by atoms with Crippen LogP contribution in [0.15, 0.2) is 54.6 Å². The summed E-state index contributed by atoms with van der Waals surface area (Å²) in [6.45, 7) is 1.40. The molecule has 1 saturated carbocycles. The van der Waals surface area contributed by atoms with Crippen LogP contribution in [-0.2, 0) is 17.8 Å². The Morgan fingerprint density at radius 3 is 2.84 bits per heavy atom. The lowest BCUT2D eigenvalue weighted by Gasteiger charge is -2.19. The predicted molar refractivity (Wildman–Crippen MR) is 118 cm³/mol. The fourth-order valence-electron chi connectivity index (χ4n) is 3.91. The smallest absolute Gasteiger partial charge is 0.272 e. The van der Waals surface area contributed by atoms with E-state index < -0.39 is 0 Å². The largest absolute Gasteiger partial charge is 0.491 e. The molecule has 0 bridgehead atoms. The molecule has 2 heterocycles. The molecule has 158 valence electrons. The summed E-state index contributed by atoms with van der Waals surface area (Å²) in [4.78, 5) is 31.5. The van der Waals surface area contributed by atoms with Gasteiger partial charge in [-0.1, -0.05) is 36.4 Å². The first-order valence-electron chi connectivity index (χ1n) is 10.8. The normalized spacial score (nSPS) is 15.7. The number of hydrogen-bond acceptors (Lipinski definition) is 4. The molecule has 2 aromatic carbocycles. The zero-order valence-electron chi connectivity index (χ0n) is 17.3. The van der Waals surface area contributed by atoms with E-state index in [4.69, 9.17) is 4.74 Å². The summed E-state index contributed by atoms with van der Waals surface area (Å²) in [5.74, 6) is 0.803. The number of aryl methyl sites for hydroxylation is 1. The van der Waals surface area contributed by atoms with E-state index in [0.717, 1.165) is 40.6 Å². The lowest BCUT2D eigenvalue weighted by molar-refractivity contribution is -0.121. The Kier molecular flexibility index (Phi) is 5.28. The molecule has 1 aliphatic heterocycles. The number of hydrogen-bond donors (Lipinski definition) is 1. The van der Waals surface area contributed by atoms with Crippen molar-refractivity contribution in [2.75, 3.05) is 13.2 Å². The number of nitrogens with one attached hydrogen (secondary N) is 1. The van der Waals surface area contributed by atoms with Crippen molar-refractivity contribution in [1.82, 2.24) is 15.2 Å². The monoisotopic (exact) mass is 415 g/mol. The van der Waals surface area contributed by atoms with Crippen LogP contribution in [0.2, 0.25) is 0 Å². The van der Waals surface area contributed by atoms with Crippen LogP contribution in [0.25, 0.3) is 10.9 Å². The average Bonchev–Trinajstić information content (AvgIpc) is 3.63. The second-order valence-corrected chi connectivity index (χ2v) is 8.25. The average molecular weight is 415 g/mol. The van der Waals surface area contributed by atoms with Crippen LogP contribution >= 0.6 is 0 Å². The highest BCUT2D eigenvalue weighted by molar-refractivity contribution is 5.95. The molecule has 0 atom stereocenters. The third kappa shape index (κ3) is 4.53. The van der Waals surface area contributed by atoms with Crippen molar-refractivity contribution >= 4 is 22.7 Å². The Morgan fingerprint density at radius 2 is 1.97 bits per heavy atom. The summed E-state index contributed by atoms with van der Waals surface area (Å²) in [5, 5.41) is 4.04. The number of fused-ring (bicyclic) bond motifs is 2. The van der Waals surface area contributed by atoms with Gasteiger partial charge in [-0.3, -0.25) is 9.59 Å². The van der Waals surface area contributed by atoms with Crippen LogP contribution in [0.3, 0.4) is 0 Å². The van der Waals surface area contributed by atoms with E-state index >= 15 is 0 Å². The summed E-state index contributed by atoms with van der Waals surface area (Å²) >= 11 is 0. The van der Waals surface area contributed by atoms with E-state index in [1.54, 1.807) is 11.0 Å². The Bertz CT molecular complexity index is 1140. The third-order valence-corrected chi connectivity index (χ3v) is 5.79. The molecule has 1 aliphatic carbocycles. The molecule has 6 heteroatoms. The van der Waals surface area contributed by atoms with E-state index in [2.05, 4.69) is 16.4 Å². The van der Waals surface area contributed by atoms with Gasteiger partial charge in [0.25, 0.3) is 5.91 Å². The molecular weight excluding hydrogens is 390 g/mol. The summed E-state index contributed by atoms with van der Waals surface area (Å²) < 4.78 is 5.88. The van der Waals surface area contributed by atoms with Crippen LogP contribution in [0.5, 0.6) is 5.75 Å². The van der Waals surface area contributed by atoms with Crippen molar-refractivity contribution in [3.05, 3.63) is 71.4 Å². The molecule has 0 saturated heterocycles. The molecule has 1 N–H and O–H groups in total. The minimum absolute atomic E-state index is 0.101. The van der Waals surface area contributed by atoms with Crippen LogP contribution in [-0.4, -0.2) is 40.9 Å². The summed E-state index contributed by atoms with van der Waals surface area (Å²) in [7, 11) is 0. The highest BCUT2D eigenvalue weighted by Gasteiger charge is 2.24. The maximum atomic E-state index is 13.2. The van der Waals surface area contributed by atoms with Crippen molar-refractivity contribution in [3.8, 4) is 5.75 Å². The minimum atomic E-state index is -0.101. The van der Waals surface area contributed by atoms with E-state index in [1.165, 1.54) is 0 Å². The second kappa shape index (κ2) is 8.38. The Balaban J connectivity index is 1.30. The molecular formula is C25H25N3O3. The summed E-state index contributed by atoms with van der Waals surface area (Å²) in [5.41, 5.74) is 3.29. The van der Waals surface area contributed by atoms with Gasteiger partial charge in [0.1, 0.15) is 18.1 Å². The van der Waals surface area contributed by atoms with Gasteiger partial charge in [-0.25, -0.2) is 4.98 Å². The maximum absolute atomic E-state index is 13.2. The first-order chi connectivity index (χ1) is 15.2. The highest BCUT2D eigenvalue weighted by Crippen LogP contribution is 2.26. The fourth-order valence-corrected chi connectivity index (χ4v) is 3.91. The molecule has 31 heavy (non-hydrogen) atoms. The number of ether oxygens (including phenoxy) is 1. The first-order valence-corrected chi connectivity index (χ1v) is 10.8. The molecule has 6 nitrogen and oxygen atoms in total. The van der Waals surface area contributed by atoms with Crippen molar-refractivity contribution in [2.24, 2.45) is 0 Å². The number of rotatable bonds is 5. The molecule has 5 rings (SSSR count). The maximum Gasteiger partial charge on any atom is 0.272 e. The van der Waals surface area contributed by atoms with Gasteiger partial charge in [0, 0.05) is 30.0 Å². The Labute approximate surface area is 181 Å². The number of para-hydroxylation sites is 1. The molecule has 0 spiro atoms. The van der Waals surface area contributed by atoms with E-state index in [1.807, 2.05) is 42.5 Å². The zero-order chi connectivity index (χ0) is 21.2. The molecule has 3 aromatic rings. The van der Waals surface area contributed by atoms with Crippen LogP contribution in [0.4, 0.5) is 0 Å². The second-order valence-electron chi connectivity index (χ2n) is 8.25. The molecule has 1 aromatic heterocycles. The van der Waals surface area contributed by atoms with Gasteiger partial charge in [0.2, 0.25) is 5.91 Å². The lowest BCUT2D eigenvalue weighted by Crippen LogP contribution is -2.33. The van der Waals surface area contributed by atoms with E-state index in [0.29, 0.717) is 44.3 Å². The van der Waals surface area contributed by atoms with Gasteiger partial charge >= 0.3 is 0 Å². The zero-order valence-corrected chi connectivity index (χ0v) is 17.3. The standard InChI is InChI=1S/C25H25N3O3/c29-24(26-20-8-9-20)12-6-17-5-11-23-19(15-17)16-28(13-14-31-23)25(30)22-10-7-18-3-1-2-4-21(18)27-22/h1-5,7,10-11,15,20H,6,8-9,12-14,16H2,(H,26,29). The molecule has 2 amide bonds. The number of aromatic nitrogens is 1. The van der Waals surface area contributed by atoms with Crippen molar-refractivity contribution in [3.63, 3.8) is 0 Å². The van der Waals surface area contributed by atoms with Gasteiger partial charge < -0.3 is 15.0 Å². The molecule has 1 fully saturated rings. The molecule has 0 unspecified atom stereocenters. The Morgan fingerprint density at radius 1 is 1.10 bits per heavy atom. The lowest BCUT2D eigenvalue weighted by atomic mass is 10.0. The highest BCUT2D eigenvalue weighted by atomic mass is 16.5. The van der Waals surface area contributed by atoms with Crippen LogP contribution in [0, 0.1) is 0 Å². The number of carbonyl (C=O) groups is 2. The predicted octanol–water partition coefficient (Wildman–Crippen LogP) is 3.48. The number of nitrogens with zero attached hydrogens (tertiary/aromatic N) is 2. The molecule has 0 radical (unpaired) electrons. The van der Waals surface area contributed by atoms with Gasteiger partial charge in [-0.15, -0.1) is 0 Å². The van der Waals surface area contributed by atoms with E-state index in [9.17, 15) is 9.59 Å². The first kappa shape index (κ1) is 19.5. The number of pyridine rings is 1. The quantitative estimate of drug-likeness (QED) is 0.693. The van der Waals surface area contributed by atoms with E-state index in [-0.39, 0.29) is 11.8 Å². The minimum Gasteiger partial charge on any atom is -0.491 e.